The van der Waals surface area contributed by atoms with E-state index < -0.39 is 23.7 Å². The van der Waals surface area contributed by atoms with Crippen molar-refractivity contribution >= 4 is 23.3 Å². The summed E-state index contributed by atoms with van der Waals surface area (Å²) in [4.78, 5) is 25.1. The van der Waals surface area contributed by atoms with Gasteiger partial charge in [-0.25, -0.2) is 9.69 Å². The molecule has 3 amide bonds. The molecule has 0 spiro atoms. The molecule has 0 saturated carbocycles. The normalized spacial score (nSPS) is 13.9. The van der Waals surface area contributed by atoms with E-state index in [0.29, 0.717) is 11.3 Å². The number of nitrogens with one attached hydrogen (secondary N) is 1. The molecule has 0 bridgehead atoms. The number of carbonyl (C=O) groups is 2. The summed E-state index contributed by atoms with van der Waals surface area (Å²) in [6, 6.07) is 10.4. The van der Waals surface area contributed by atoms with Crippen molar-refractivity contribution in [2.24, 2.45) is 0 Å². The molecule has 3 rings (SSSR count). The third-order valence-electron chi connectivity index (χ3n) is 3.50. The van der Waals surface area contributed by atoms with Crippen molar-refractivity contribution in [1.29, 1.82) is 0 Å². The Bertz CT molecular complexity index is 787. The zero-order valence-electron chi connectivity index (χ0n) is 11.7. The summed E-state index contributed by atoms with van der Waals surface area (Å²) >= 11 is 0. The Morgan fingerprint density at radius 2 is 1.70 bits per heavy atom. The molecule has 0 saturated heterocycles. The molecule has 0 aromatic heterocycles. The molecule has 2 aromatic carbocycles. The minimum Gasteiger partial charge on any atom is -0.307 e. The molecule has 0 radical (unpaired) electrons. The van der Waals surface area contributed by atoms with Crippen LogP contribution in [-0.2, 0) is 17.4 Å². The molecule has 0 atom stereocenters. The second-order valence-electron chi connectivity index (χ2n) is 5.01. The summed E-state index contributed by atoms with van der Waals surface area (Å²) in [5, 5.41) is 2.18. The number of rotatable bonds is 1. The number of alkyl halides is 3. The SMILES string of the molecule is O=C1Cc2ccccc2N1C(=O)Nc1ccccc1C(F)(F)F. The van der Waals surface area contributed by atoms with Crippen LogP contribution in [0.1, 0.15) is 11.1 Å². The van der Waals surface area contributed by atoms with E-state index >= 15 is 0 Å². The maximum Gasteiger partial charge on any atom is 0.418 e. The van der Waals surface area contributed by atoms with Gasteiger partial charge in [0.05, 0.1) is 23.4 Å². The summed E-state index contributed by atoms with van der Waals surface area (Å²) in [6.07, 6.45) is -4.55. The Labute approximate surface area is 129 Å². The predicted octanol–water partition coefficient (Wildman–Crippen LogP) is 3.83. The van der Waals surface area contributed by atoms with Crippen LogP contribution in [-0.4, -0.2) is 11.9 Å². The molecular weight excluding hydrogens is 309 g/mol. The smallest absolute Gasteiger partial charge is 0.307 e. The fourth-order valence-corrected chi connectivity index (χ4v) is 2.49. The van der Waals surface area contributed by atoms with E-state index in [1.54, 1.807) is 24.3 Å². The number of fused-ring (bicyclic) bond motifs is 1. The minimum absolute atomic E-state index is 0.0461. The van der Waals surface area contributed by atoms with Crippen molar-refractivity contribution in [1.82, 2.24) is 0 Å². The maximum atomic E-state index is 13.0. The van der Waals surface area contributed by atoms with Gasteiger partial charge in [0.25, 0.3) is 0 Å². The quantitative estimate of drug-likeness (QED) is 0.868. The number of anilines is 2. The maximum absolute atomic E-state index is 13.0. The van der Waals surface area contributed by atoms with Gasteiger partial charge in [0, 0.05) is 0 Å². The number of nitrogens with zero attached hydrogens (tertiary/aromatic N) is 1. The second kappa shape index (κ2) is 5.42. The molecular formula is C16H11F3N2O2. The van der Waals surface area contributed by atoms with E-state index in [-0.39, 0.29) is 12.1 Å². The third-order valence-corrected chi connectivity index (χ3v) is 3.50. The number of hydrogen-bond donors (Lipinski definition) is 1. The van der Waals surface area contributed by atoms with E-state index in [1.807, 2.05) is 0 Å². The average Bonchev–Trinajstić information content (AvgIpc) is 2.82. The third kappa shape index (κ3) is 2.77. The average molecular weight is 320 g/mol. The van der Waals surface area contributed by atoms with Gasteiger partial charge in [0.15, 0.2) is 0 Å². The molecule has 0 fully saturated rings. The summed E-state index contributed by atoms with van der Waals surface area (Å²) in [6.45, 7) is 0. The number of amides is 3. The van der Waals surface area contributed by atoms with E-state index in [1.165, 1.54) is 12.1 Å². The van der Waals surface area contributed by atoms with E-state index in [2.05, 4.69) is 5.32 Å². The van der Waals surface area contributed by atoms with Crippen molar-refractivity contribution < 1.29 is 22.8 Å². The van der Waals surface area contributed by atoms with Gasteiger partial charge in [-0.3, -0.25) is 4.79 Å². The highest BCUT2D eigenvalue weighted by Gasteiger charge is 2.36. The first-order valence-corrected chi connectivity index (χ1v) is 6.76. The van der Waals surface area contributed by atoms with E-state index in [4.69, 9.17) is 0 Å². The molecule has 2 aromatic rings. The lowest BCUT2D eigenvalue weighted by molar-refractivity contribution is -0.136. The van der Waals surface area contributed by atoms with Gasteiger partial charge in [-0.05, 0) is 23.8 Å². The highest BCUT2D eigenvalue weighted by molar-refractivity contribution is 6.22. The number of urea groups is 1. The Hall–Kier alpha value is -2.83. The fraction of sp³-hybridized carbons (Fsp3) is 0.125. The molecule has 1 N–H and O–H groups in total. The van der Waals surface area contributed by atoms with E-state index in [0.717, 1.165) is 17.0 Å². The molecule has 23 heavy (non-hydrogen) atoms. The molecule has 7 heteroatoms. The van der Waals surface area contributed by atoms with Crippen LogP contribution < -0.4 is 10.2 Å². The molecule has 0 aliphatic carbocycles. The minimum atomic E-state index is -4.60. The molecule has 0 unspecified atom stereocenters. The van der Waals surface area contributed by atoms with Crippen LogP contribution in [0.15, 0.2) is 48.5 Å². The number of carbonyl (C=O) groups excluding carboxylic acids is 2. The molecule has 118 valence electrons. The number of hydrogen-bond acceptors (Lipinski definition) is 2. The Kier molecular flexibility index (Phi) is 3.55. The van der Waals surface area contributed by atoms with Gasteiger partial charge < -0.3 is 5.32 Å². The highest BCUT2D eigenvalue weighted by atomic mass is 19.4. The van der Waals surface area contributed by atoms with Crippen LogP contribution >= 0.6 is 0 Å². The van der Waals surface area contributed by atoms with E-state index in [9.17, 15) is 22.8 Å². The van der Waals surface area contributed by atoms with Crippen LogP contribution in [0.3, 0.4) is 0 Å². The topological polar surface area (TPSA) is 49.4 Å². The summed E-state index contributed by atoms with van der Waals surface area (Å²) in [5.74, 6) is -0.479. The first-order chi connectivity index (χ1) is 10.9. The summed E-state index contributed by atoms with van der Waals surface area (Å²) in [5.41, 5.74) is -0.299. The van der Waals surface area contributed by atoms with Gasteiger partial charge in [-0.1, -0.05) is 30.3 Å². The number of benzene rings is 2. The van der Waals surface area contributed by atoms with Gasteiger partial charge in [-0.15, -0.1) is 0 Å². The van der Waals surface area contributed by atoms with Gasteiger partial charge in [0.1, 0.15) is 0 Å². The first kappa shape index (κ1) is 15.1. The number of para-hydroxylation sites is 2. The fourth-order valence-electron chi connectivity index (χ4n) is 2.49. The van der Waals surface area contributed by atoms with Crippen LogP contribution in [0.25, 0.3) is 0 Å². The second-order valence-corrected chi connectivity index (χ2v) is 5.01. The highest BCUT2D eigenvalue weighted by Crippen LogP contribution is 2.35. The lowest BCUT2D eigenvalue weighted by Gasteiger charge is -2.18. The predicted molar refractivity (Wildman–Crippen MR) is 78.1 cm³/mol. The lowest BCUT2D eigenvalue weighted by atomic mass is 10.1. The lowest BCUT2D eigenvalue weighted by Crippen LogP contribution is -2.37. The van der Waals surface area contributed by atoms with Crippen molar-refractivity contribution in [3.63, 3.8) is 0 Å². The van der Waals surface area contributed by atoms with Crippen molar-refractivity contribution in [3.8, 4) is 0 Å². The Balaban J connectivity index is 1.91. The van der Waals surface area contributed by atoms with Crippen LogP contribution in [0, 0.1) is 0 Å². The first-order valence-electron chi connectivity index (χ1n) is 6.76. The zero-order valence-corrected chi connectivity index (χ0v) is 11.7. The van der Waals surface area contributed by atoms with Crippen LogP contribution in [0.4, 0.5) is 29.3 Å². The molecule has 4 nitrogen and oxygen atoms in total. The van der Waals surface area contributed by atoms with Crippen LogP contribution in [0.5, 0.6) is 0 Å². The Morgan fingerprint density at radius 1 is 1.04 bits per heavy atom. The van der Waals surface area contributed by atoms with Crippen LogP contribution in [0.2, 0.25) is 0 Å². The van der Waals surface area contributed by atoms with Gasteiger partial charge in [-0.2, -0.15) is 13.2 Å². The van der Waals surface area contributed by atoms with Crippen molar-refractivity contribution in [2.45, 2.75) is 12.6 Å². The number of imide groups is 1. The Morgan fingerprint density at radius 3 is 2.43 bits per heavy atom. The largest absolute Gasteiger partial charge is 0.418 e. The number of halogens is 3. The van der Waals surface area contributed by atoms with Crippen molar-refractivity contribution in [3.05, 3.63) is 59.7 Å². The monoisotopic (exact) mass is 320 g/mol. The van der Waals surface area contributed by atoms with Gasteiger partial charge in [0.2, 0.25) is 5.91 Å². The van der Waals surface area contributed by atoms with Crippen molar-refractivity contribution in [2.75, 3.05) is 10.2 Å². The summed E-state index contributed by atoms with van der Waals surface area (Å²) in [7, 11) is 0. The summed E-state index contributed by atoms with van der Waals surface area (Å²) < 4.78 is 38.9. The molecule has 1 aliphatic heterocycles. The van der Waals surface area contributed by atoms with Gasteiger partial charge >= 0.3 is 12.2 Å². The molecule has 1 heterocycles. The zero-order chi connectivity index (χ0) is 16.6. The standard InChI is InChI=1S/C16H11F3N2O2/c17-16(18,19)11-6-2-3-7-12(11)20-15(23)21-13-8-4-1-5-10(13)9-14(21)22/h1-8H,9H2,(H,20,23). The molecule has 1 aliphatic rings.